The molecule has 0 fully saturated rings. The first-order valence-electron chi connectivity index (χ1n) is 10.5. The Bertz CT molecular complexity index is 1650. The Morgan fingerprint density at radius 3 is 2.64 bits per heavy atom. The Hall–Kier alpha value is -4.23. The maximum Gasteiger partial charge on any atom is 0.265 e. The van der Waals surface area contributed by atoms with Crippen LogP contribution in [0.1, 0.15) is 11.1 Å². The Labute approximate surface area is 193 Å². The maximum absolute atomic E-state index is 6.38. The fraction of sp³-hybridized carbons (Fsp3) is 0.0400. The lowest BCUT2D eigenvalue weighted by atomic mass is 10.2. The van der Waals surface area contributed by atoms with Gasteiger partial charge in [0.15, 0.2) is 5.65 Å². The molecular weight excluding hydrogens is 434 g/mol. The predicted octanol–water partition coefficient (Wildman–Crippen LogP) is 5.61. The van der Waals surface area contributed by atoms with Gasteiger partial charge in [0.1, 0.15) is 5.52 Å². The van der Waals surface area contributed by atoms with Crippen molar-refractivity contribution in [1.82, 2.24) is 24.7 Å². The summed E-state index contributed by atoms with van der Waals surface area (Å²) in [5.41, 5.74) is 8.42. The van der Waals surface area contributed by atoms with E-state index in [2.05, 4.69) is 53.6 Å². The maximum atomic E-state index is 6.38. The molecule has 3 heterocycles. The molecule has 0 spiro atoms. The second-order valence-electron chi connectivity index (χ2n) is 7.69. The zero-order valence-electron chi connectivity index (χ0n) is 17.4. The number of hydrazone groups is 1. The molecule has 0 atom stereocenters. The number of benzene rings is 3. The van der Waals surface area contributed by atoms with Crippen LogP contribution in [-0.2, 0) is 6.54 Å². The van der Waals surface area contributed by atoms with Gasteiger partial charge in [-0.2, -0.15) is 10.1 Å². The average Bonchev–Trinajstić information content (AvgIpc) is 3.38. The quantitative estimate of drug-likeness (QED) is 0.263. The van der Waals surface area contributed by atoms with Gasteiger partial charge >= 0.3 is 0 Å². The van der Waals surface area contributed by atoms with Crippen molar-refractivity contribution in [2.75, 3.05) is 5.43 Å². The van der Waals surface area contributed by atoms with Crippen LogP contribution in [0.3, 0.4) is 0 Å². The molecule has 0 aliphatic carbocycles. The normalized spacial score (nSPS) is 11.8. The van der Waals surface area contributed by atoms with E-state index in [9.17, 15) is 0 Å². The lowest BCUT2D eigenvalue weighted by Crippen LogP contribution is -1.99. The molecule has 0 radical (unpaired) electrons. The van der Waals surface area contributed by atoms with Gasteiger partial charge in [-0.05, 0) is 23.8 Å². The number of rotatable bonds is 5. The van der Waals surface area contributed by atoms with E-state index >= 15 is 0 Å². The molecule has 3 aromatic carbocycles. The fourth-order valence-corrected chi connectivity index (χ4v) is 4.24. The fourth-order valence-electron chi connectivity index (χ4n) is 4.05. The SMILES string of the molecule is Clc1ccccc1Cn1cc(C=NNc2nnc3c(n2)[nH]c2ccccc23)c2ccccc21. The van der Waals surface area contributed by atoms with Crippen LogP contribution in [0, 0.1) is 0 Å². The molecule has 0 amide bonds. The van der Waals surface area contributed by atoms with Crippen molar-refractivity contribution >= 4 is 56.7 Å². The summed E-state index contributed by atoms with van der Waals surface area (Å²) in [7, 11) is 0. The molecule has 6 aromatic rings. The number of nitrogens with zero attached hydrogens (tertiary/aromatic N) is 5. The molecule has 0 saturated carbocycles. The second-order valence-corrected chi connectivity index (χ2v) is 8.10. The number of halogens is 1. The van der Waals surface area contributed by atoms with Gasteiger partial charge in [0.2, 0.25) is 0 Å². The molecule has 0 unspecified atom stereocenters. The first-order chi connectivity index (χ1) is 16.3. The summed E-state index contributed by atoms with van der Waals surface area (Å²) in [4.78, 5) is 7.76. The molecule has 0 aliphatic rings. The monoisotopic (exact) mass is 451 g/mol. The zero-order valence-corrected chi connectivity index (χ0v) is 18.2. The molecule has 7 nitrogen and oxygen atoms in total. The summed E-state index contributed by atoms with van der Waals surface area (Å²) in [5.74, 6) is 0.324. The first-order valence-corrected chi connectivity index (χ1v) is 10.9. The van der Waals surface area contributed by atoms with E-state index in [-0.39, 0.29) is 0 Å². The number of hydrogen-bond acceptors (Lipinski definition) is 5. The number of nitrogens with one attached hydrogen (secondary N) is 2. The summed E-state index contributed by atoms with van der Waals surface area (Å²) < 4.78 is 2.17. The van der Waals surface area contributed by atoms with Gasteiger partial charge in [-0.25, -0.2) is 5.43 Å². The van der Waals surface area contributed by atoms with E-state index < -0.39 is 0 Å². The molecule has 3 aromatic heterocycles. The van der Waals surface area contributed by atoms with Gasteiger partial charge in [-0.15, -0.1) is 10.2 Å². The van der Waals surface area contributed by atoms with Gasteiger partial charge in [-0.1, -0.05) is 66.2 Å². The largest absolute Gasteiger partial charge is 0.342 e. The molecule has 160 valence electrons. The van der Waals surface area contributed by atoms with Crippen molar-refractivity contribution in [2.45, 2.75) is 6.54 Å². The first kappa shape index (κ1) is 19.5. The van der Waals surface area contributed by atoms with Crippen LogP contribution in [0.15, 0.2) is 84.1 Å². The zero-order chi connectivity index (χ0) is 22.2. The topological polar surface area (TPSA) is 83.8 Å². The van der Waals surface area contributed by atoms with E-state index in [1.54, 1.807) is 6.21 Å². The van der Waals surface area contributed by atoms with Crippen LogP contribution in [0.25, 0.3) is 33.0 Å². The highest BCUT2D eigenvalue weighted by Gasteiger charge is 2.10. The number of aromatic amines is 1. The summed E-state index contributed by atoms with van der Waals surface area (Å²) in [6, 6.07) is 24.0. The van der Waals surface area contributed by atoms with E-state index in [1.165, 1.54) is 0 Å². The summed E-state index contributed by atoms with van der Waals surface area (Å²) >= 11 is 6.38. The van der Waals surface area contributed by atoms with Crippen molar-refractivity contribution in [3.63, 3.8) is 0 Å². The van der Waals surface area contributed by atoms with Crippen molar-refractivity contribution in [3.05, 3.63) is 95.1 Å². The lowest BCUT2D eigenvalue weighted by Gasteiger charge is -2.07. The van der Waals surface area contributed by atoms with Gasteiger partial charge in [0.05, 0.1) is 6.21 Å². The third-order valence-electron chi connectivity index (χ3n) is 5.61. The number of H-pyrrole nitrogens is 1. The van der Waals surface area contributed by atoms with E-state index in [0.29, 0.717) is 18.1 Å². The van der Waals surface area contributed by atoms with Gasteiger partial charge in [-0.3, -0.25) is 0 Å². The van der Waals surface area contributed by atoms with Crippen LogP contribution in [0.4, 0.5) is 5.95 Å². The smallest absolute Gasteiger partial charge is 0.265 e. The van der Waals surface area contributed by atoms with Crippen LogP contribution >= 0.6 is 11.6 Å². The number of anilines is 1. The minimum atomic E-state index is 0.324. The van der Waals surface area contributed by atoms with E-state index in [0.717, 1.165) is 43.5 Å². The summed E-state index contributed by atoms with van der Waals surface area (Å²) in [5, 5.41) is 15.7. The van der Waals surface area contributed by atoms with Crippen molar-refractivity contribution in [2.24, 2.45) is 5.10 Å². The van der Waals surface area contributed by atoms with Crippen LogP contribution in [-0.4, -0.2) is 30.9 Å². The standard InChI is InChI=1S/C25H18ClN7/c26-20-10-4-1-7-16(20)14-33-15-17(18-8-3-6-12-22(18)33)13-27-31-25-29-24-23(30-32-25)19-9-2-5-11-21(19)28-24/h1-13,15H,14H2,(H2,28,29,31,32). The molecule has 0 saturated heterocycles. The van der Waals surface area contributed by atoms with Crippen molar-refractivity contribution in [3.8, 4) is 0 Å². The Morgan fingerprint density at radius 1 is 0.939 bits per heavy atom. The summed E-state index contributed by atoms with van der Waals surface area (Å²) in [6.45, 7) is 0.672. The summed E-state index contributed by atoms with van der Waals surface area (Å²) in [6.07, 6.45) is 3.84. The van der Waals surface area contributed by atoms with Gasteiger partial charge < -0.3 is 9.55 Å². The minimum absolute atomic E-state index is 0.324. The highest BCUT2D eigenvalue weighted by atomic mass is 35.5. The van der Waals surface area contributed by atoms with Crippen LogP contribution in [0.5, 0.6) is 0 Å². The molecular formula is C25H18ClN7. The van der Waals surface area contributed by atoms with Crippen LogP contribution < -0.4 is 5.43 Å². The average molecular weight is 452 g/mol. The molecule has 2 N–H and O–H groups in total. The Kier molecular flexibility index (Phi) is 4.74. The highest BCUT2D eigenvalue weighted by molar-refractivity contribution is 6.31. The number of hydrogen-bond donors (Lipinski definition) is 2. The van der Waals surface area contributed by atoms with E-state index in [1.807, 2.05) is 60.7 Å². The Balaban J connectivity index is 1.29. The number of aromatic nitrogens is 5. The van der Waals surface area contributed by atoms with Crippen molar-refractivity contribution < 1.29 is 0 Å². The molecule has 8 heteroatoms. The molecule has 6 rings (SSSR count). The second kappa shape index (κ2) is 8.03. The molecule has 33 heavy (non-hydrogen) atoms. The van der Waals surface area contributed by atoms with Gasteiger partial charge in [0.25, 0.3) is 5.95 Å². The third kappa shape index (κ3) is 3.58. The highest BCUT2D eigenvalue weighted by Crippen LogP contribution is 2.24. The minimum Gasteiger partial charge on any atom is -0.342 e. The van der Waals surface area contributed by atoms with Crippen LogP contribution in [0.2, 0.25) is 5.02 Å². The lowest BCUT2D eigenvalue weighted by molar-refractivity contribution is 0.836. The van der Waals surface area contributed by atoms with Gasteiger partial charge in [0, 0.05) is 45.1 Å². The number of fused-ring (bicyclic) bond motifs is 4. The number of para-hydroxylation sites is 2. The molecule has 0 bridgehead atoms. The third-order valence-corrected chi connectivity index (χ3v) is 5.98. The Morgan fingerprint density at radius 2 is 1.73 bits per heavy atom. The molecule has 0 aliphatic heterocycles. The van der Waals surface area contributed by atoms with Crippen molar-refractivity contribution in [1.29, 1.82) is 0 Å². The predicted molar refractivity (Wildman–Crippen MR) is 133 cm³/mol. The van der Waals surface area contributed by atoms with E-state index in [4.69, 9.17) is 11.6 Å².